The van der Waals surface area contributed by atoms with Gasteiger partial charge in [-0.25, -0.2) is 0 Å². The maximum atomic E-state index is 13.0. The molecule has 1 fully saturated rings. The number of piperazine rings is 1. The first-order valence-corrected chi connectivity index (χ1v) is 12.2. The summed E-state index contributed by atoms with van der Waals surface area (Å²) in [6.45, 7) is 5.25. The molecule has 1 aromatic carbocycles. The molecule has 2 aromatic rings. The van der Waals surface area contributed by atoms with Gasteiger partial charge < -0.3 is 0 Å². The van der Waals surface area contributed by atoms with Crippen LogP contribution in [0.2, 0.25) is 0 Å². The van der Waals surface area contributed by atoms with Gasteiger partial charge in [0, 0.05) is 0 Å². The number of carbonyl (C=O) groups excluding carboxylic acids is 3. The predicted octanol–water partition coefficient (Wildman–Crippen LogP) is 2.88. The molecule has 0 radical (unpaired) electrons. The molecule has 1 atom stereocenters. The Bertz CT molecular complexity index is 1160. The van der Waals surface area contributed by atoms with Crippen LogP contribution < -0.4 is 5.32 Å². The molecule has 10 nitrogen and oxygen atoms in total. The minimum absolute atomic E-state index is 0.0816. The summed E-state index contributed by atoms with van der Waals surface area (Å²) < 4.78 is 16.5. The van der Waals surface area contributed by atoms with Gasteiger partial charge in [-0.3, -0.25) is 0 Å². The fourth-order valence-electron chi connectivity index (χ4n) is 3.50. The standard InChI is InChI=1S/C24H28N5O5P/c1-3-4-14-34-24(32)29-12-10-28(11-13-29)23(31)20(16-35-33)27-22(30)19-15-17(2)25-21(26-19)18-8-6-5-7-9-18/h5-9,15,20H,3-4,10-14H2,1-2H3,(H,27,30)/t20-/m0/s1. The third kappa shape index (κ3) is 7.25. The Morgan fingerprint density at radius 3 is 2.46 bits per heavy atom. The Balaban J connectivity index is 1.65. The van der Waals surface area contributed by atoms with Crippen molar-refractivity contribution >= 4 is 25.8 Å². The van der Waals surface area contributed by atoms with E-state index >= 15 is 0 Å². The van der Waals surface area contributed by atoms with Crippen molar-refractivity contribution in [2.24, 2.45) is 0 Å². The fourth-order valence-corrected chi connectivity index (χ4v) is 3.78. The number of aryl methyl sites for hydroxylation is 1. The second kappa shape index (κ2) is 12.8. The monoisotopic (exact) mass is 497 g/mol. The SMILES string of the molecule is CCCCOC(=O)N1CCN(C(=O)[C@H](C#P=O)NC(=O)c2cc(C)nc(-c3ccccc3)n2)CC1. The topological polar surface area (TPSA) is 122 Å². The van der Waals surface area contributed by atoms with Gasteiger partial charge >= 0.3 is 198 Å². The number of nitrogens with zero attached hydrogens (tertiary/aromatic N) is 4. The van der Waals surface area contributed by atoms with Crippen molar-refractivity contribution in [3.63, 3.8) is 0 Å². The average molecular weight is 497 g/mol. The summed E-state index contributed by atoms with van der Waals surface area (Å²) in [5, 5.41) is 2.56. The van der Waals surface area contributed by atoms with E-state index in [0.29, 0.717) is 31.2 Å². The first-order chi connectivity index (χ1) is 16.9. The van der Waals surface area contributed by atoms with Crippen LogP contribution in [0.15, 0.2) is 36.4 Å². The molecule has 1 N–H and O–H groups in total. The molecule has 0 bridgehead atoms. The quantitative estimate of drug-likeness (QED) is 0.461. The zero-order valence-corrected chi connectivity index (χ0v) is 20.7. The first-order valence-electron chi connectivity index (χ1n) is 11.4. The molecule has 1 saturated heterocycles. The fraction of sp³-hybridized carbons (Fsp3) is 0.417. The molecule has 11 heteroatoms. The number of hydrogen-bond acceptors (Lipinski definition) is 7. The summed E-state index contributed by atoms with van der Waals surface area (Å²) in [7, 11) is -0.517. The third-order valence-electron chi connectivity index (χ3n) is 5.40. The van der Waals surface area contributed by atoms with E-state index in [1.54, 1.807) is 11.8 Å². The Morgan fingerprint density at radius 2 is 1.80 bits per heavy atom. The van der Waals surface area contributed by atoms with Gasteiger partial charge in [-0.2, -0.15) is 0 Å². The Kier molecular flexibility index (Phi) is 9.58. The maximum absolute atomic E-state index is 13.0. The van der Waals surface area contributed by atoms with Crippen LogP contribution in [0.4, 0.5) is 4.79 Å². The summed E-state index contributed by atoms with van der Waals surface area (Å²) in [5.41, 5.74) is 3.87. The van der Waals surface area contributed by atoms with E-state index in [-0.39, 0.29) is 18.8 Å². The van der Waals surface area contributed by atoms with Crippen LogP contribution in [-0.2, 0) is 14.1 Å². The zero-order valence-electron chi connectivity index (χ0n) is 19.8. The van der Waals surface area contributed by atoms with Crippen LogP contribution in [-0.4, -0.2) is 76.5 Å². The van der Waals surface area contributed by atoms with Gasteiger partial charge in [0.15, 0.2) is 0 Å². The summed E-state index contributed by atoms with van der Waals surface area (Å²) in [5.74, 6) is -0.689. The molecular weight excluding hydrogens is 469 g/mol. The van der Waals surface area contributed by atoms with E-state index < -0.39 is 31.9 Å². The van der Waals surface area contributed by atoms with Crippen LogP contribution in [0, 0.1) is 12.6 Å². The minimum atomic E-state index is -1.24. The normalized spacial score (nSPS) is 14.0. The molecule has 0 saturated carbocycles. The van der Waals surface area contributed by atoms with E-state index in [0.717, 1.165) is 18.4 Å². The van der Waals surface area contributed by atoms with Crippen LogP contribution >= 0.6 is 7.92 Å². The molecule has 1 aromatic heterocycles. The molecule has 2 heterocycles. The number of unbranched alkanes of at least 4 members (excludes halogenated alkanes) is 1. The Hall–Kier alpha value is -3.48. The second-order valence-electron chi connectivity index (χ2n) is 7.99. The van der Waals surface area contributed by atoms with Crippen LogP contribution in [0.3, 0.4) is 0 Å². The molecular formula is C24H28N5O5P. The van der Waals surface area contributed by atoms with Gasteiger partial charge in [0.2, 0.25) is 0 Å². The molecule has 3 amide bonds. The van der Waals surface area contributed by atoms with Gasteiger partial charge in [-0.1, -0.05) is 6.92 Å². The van der Waals surface area contributed by atoms with E-state index in [1.165, 1.54) is 11.0 Å². The molecule has 184 valence electrons. The van der Waals surface area contributed by atoms with E-state index in [2.05, 4.69) is 20.9 Å². The first kappa shape index (κ1) is 26.1. The van der Waals surface area contributed by atoms with Crippen molar-refractivity contribution in [1.29, 1.82) is 0 Å². The van der Waals surface area contributed by atoms with Gasteiger partial charge in [0.1, 0.15) is 0 Å². The van der Waals surface area contributed by atoms with Crippen LogP contribution in [0.5, 0.6) is 0 Å². The molecule has 0 unspecified atom stereocenters. The average Bonchev–Trinajstić information content (AvgIpc) is 2.88. The van der Waals surface area contributed by atoms with Crippen LogP contribution in [0.1, 0.15) is 35.9 Å². The number of amides is 3. The Labute approximate surface area is 205 Å². The van der Waals surface area contributed by atoms with Gasteiger partial charge in [0.05, 0.1) is 0 Å². The van der Waals surface area contributed by atoms with Crippen molar-refractivity contribution in [2.75, 3.05) is 32.8 Å². The summed E-state index contributed by atoms with van der Waals surface area (Å²) in [6, 6.07) is 9.50. The number of hydrogen-bond donors (Lipinski definition) is 1. The van der Waals surface area contributed by atoms with Crippen molar-refractivity contribution in [1.82, 2.24) is 25.1 Å². The molecule has 1 aliphatic rings. The molecule has 35 heavy (non-hydrogen) atoms. The van der Waals surface area contributed by atoms with Crippen LogP contribution in [0.25, 0.3) is 11.4 Å². The Morgan fingerprint density at radius 1 is 1.11 bits per heavy atom. The third-order valence-corrected chi connectivity index (χ3v) is 5.76. The zero-order chi connectivity index (χ0) is 25.2. The van der Waals surface area contributed by atoms with E-state index in [1.807, 2.05) is 37.3 Å². The van der Waals surface area contributed by atoms with E-state index in [4.69, 9.17) is 4.74 Å². The molecule has 3 rings (SSSR count). The number of nitrogens with one attached hydrogen (secondary N) is 1. The number of carbonyl (C=O) groups is 3. The number of rotatable bonds is 7. The van der Waals surface area contributed by atoms with Gasteiger partial charge in [-0.15, -0.1) is 0 Å². The predicted molar refractivity (Wildman–Crippen MR) is 129 cm³/mol. The van der Waals surface area contributed by atoms with Crippen molar-refractivity contribution < 1.29 is 23.7 Å². The number of aromatic nitrogens is 2. The van der Waals surface area contributed by atoms with Crippen molar-refractivity contribution in [3.05, 3.63) is 47.8 Å². The summed E-state index contributed by atoms with van der Waals surface area (Å²) in [4.78, 5) is 49.8. The van der Waals surface area contributed by atoms with Gasteiger partial charge in [0.25, 0.3) is 0 Å². The summed E-state index contributed by atoms with van der Waals surface area (Å²) in [6.07, 6.45) is 1.32. The van der Waals surface area contributed by atoms with Gasteiger partial charge in [-0.05, 0) is 0 Å². The number of ether oxygens (including phenoxy) is 1. The van der Waals surface area contributed by atoms with E-state index in [9.17, 15) is 18.9 Å². The second-order valence-corrected chi connectivity index (χ2v) is 8.43. The summed E-state index contributed by atoms with van der Waals surface area (Å²) >= 11 is 0. The van der Waals surface area contributed by atoms with Crippen molar-refractivity contribution in [3.8, 4) is 17.0 Å². The van der Waals surface area contributed by atoms with Crippen molar-refractivity contribution in [2.45, 2.75) is 32.7 Å². The molecule has 0 aliphatic carbocycles. The molecule has 0 spiro atoms. The number of benzene rings is 1. The molecule has 1 aliphatic heterocycles.